The molecule has 0 aliphatic carbocycles. The van der Waals surface area contributed by atoms with Crippen LogP contribution in [0.4, 0.5) is 4.39 Å². The molecule has 0 unspecified atom stereocenters. The second-order valence-electron chi connectivity index (χ2n) is 8.72. The first-order valence-electron chi connectivity index (χ1n) is 12.5. The smallest absolute Gasteiger partial charge is 0.345 e. The van der Waals surface area contributed by atoms with Crippen molar-refractivity contribution < 1.29 is 23.5 Å². The lowest BCUT2D eigenvalue weighted by Crippen LogP contribution is -2.19. The summed E-state index contributed by atoms with van der Waals surface area (Å²) in [5.74, 6) is -1.23. The number of H-pyrrole nitrogens is 1. The van der Waals surface area contributed by atoms with Gasteiger partial charge in [-0.05, 0) is 55.0 Å². The largest absolute Gasteiger partial charge is 0.490 e. The first-order valence-corrected chi connectivity index (χ1v) is 13.2. The second-order valence-corrected chi connectivity index (χ2v) is 9.54. The summed E-state index contributed by atoms with van der Waals surface area (Å²) in [6.45, 7) is 2.11. The summed E-state index contributed by atoms with van der Waals surface area (Å²) < 4.78 is 25.8. The van der Waals surface area contributed by atoms with Crippen molar-refractivity contribution in [2.24, 2.45) is 5.10 Å². The highest BCUT2D eigenvalue weighted by atomic mass is 35.5. The standard InChI is InChI=1S/C31H22Cl2FN3O4/c1-2-40-26-16-18(14-15-25(26)41-31(39)20-9-4-6-12-23(20)33)17-35-37-30(38)29-27(19-8-3-5-11-22(19)32)21-10-7-13-24(34)28(21)36-29/h3-17,36H,2H2,1H3,(H,37,38). The average molecular weight is 590 g/mol. The number of aromatic amines is 1. The third-order valence-corrected chi connectivity index (χ3v) is 6.76. The molecule has 0 radical (unpaired) electrons. The van der Waals surface area contributed by atoms with Gasteiger partial charge >= 0.3 is 5.97 Å². The number of halogens is 3. The molecule has 0 aliphatic rings. The molecule has 7 nitrogen and oxygen atoms in total. The third-order valence-electron chi connectivity index (χ3n) is 6.10. The van der Waals surface area contributed by atoms with Crippen LogP contribution in [0.3, 0.4) is 0 Å². The number of fused-ring (bicyclic) bond motifs is 1. The van der Waals surface area contributed by atoms with E-state index in [0.29, 0.717) is 39.5 Å². The Morgan fingerprint density at radius 3 is 2.46 bits per heavy atom. The summed E-state index contributed by atoms with van der Waals surface area (Å²) in [6.07, 6.45) is 1.40. The fourth-order valence-electron chi connectivity index (χ4n) is 4.26. The summed E-state index contributed by atoms with van der Waals surface area (Å²) in [4.78, 5) is 28.7. The number of hydrogen-bond donors (Lipinski definition) is 2. The number of nitrogens with zero attached hydrogens (tertiary/aromatic N) is 1. The van der Waals surface area contributed by atoms with Crippen LogP contribution in [0.5, 0.6) is 11.5 Å². The second kappa shape index (κ2) is 12.2. The van der Waals surface area contributed by atoms with E-state index < -0.39 is 17.7 Å². The minimum Gasteiger partial charge on any atom is -0.490 e. The molecule has 2 N–H and O–H groups in total. The Kier molecular flexibility index (Phi) is 8.33. The van der Waals surface area contributed by atoms with E-state index in [4.69, 9.17) is 32.7 Å². The van der Waals surface area contributed by atoms with E-state index in [-0.39, 0.29) is 27.5 Å². The Morgan fingerprint density at radius 1 is 0.951 bits per heavy atom. The summed E-state index contributed by atoms with van der Waals surface area (Å²) >= 11 is 12.5. The summed E-state index contributed by atoms with van der Waals surface area (Å²) in [5, 5.41) is 5.26. The van der Waals surface area contributed by atoms with Gasteiger partial charge in [-0.25, -0.2) is 14.6 Å². The lowest BCUT2D eigenvalue weighted by molar-refractivity contribution is 0.0728. The molecule has 0 saturated carbocycles. The van der Waals surface area contributed by atoms with Gasteiger partial charge in [-0.15, -0.1) is 0 Å². The van der Waals surface area contributed by atoms with Crippen LogP contribution in [0.2, 0.25) is 10.0 Å². The lowest BCUT2D eigenvalue weighted by atomic mass is 10.0. The summed E-state index contributed by atoms with van der Waals surface area (Å²) in [6, 6.07) is 22.9. The van der Waals surface area contributed by atoms with Crippen LogP contribution in [0.25, 0.3) is 22.0 Å². The zero-order chi connectivity index (χ0) is 28.9. The minimum absolute atomic E-state index is 0.104. The Labute approximate surface area is 244 Å². The maximum absolute atomic E-state index is 14.6. The number of carbonyl (C=O) groups is 2. The normalized spacial score (nSPS) is 11.1. The van der Waals surface area contributed by atoms with Gasteiger partial charge in [0.25, 0.3) is 5.91 Å². The molecule has 5 aromatic rings. The predicted molar refractivity (Wildman–Crippen MR) is 158 cm³/mol. The van der Waals surface area contributed by atoms with E-state index in [1.165, 1.54) is 12.3 Å². The quantitative estimate of drug-likeness (QED) is 0.0840. The molecule has 206 valence electrons. The van der Waals surface area contributed by atoms with Crippen LogP contribution >= 0.6 is 23.2 Å². The molecule has 0 saturated heterocycles. The molecule has 0 aliphatic heterocycles. The van der Waals surface area contributed by atoms with Crippen molar-refractivity contribution in [3.63, 3.8) is 0 Å². The zero-order valence-electron chi connectivity index (χ0n) is 21.6. The Hall–Kier alpha value is -4.66. The molecule has 10 heteroatoms. The van der Waals surface area contributed by atoms with E-state index in [1.807, 2.05) is 0 Å². The number of benzene rings is 4. The number of hydrazone groups is 1. The first-order chi connectivity index (χ1) is 19.9. The maximum Gasteiger partial charge on any atom is 0.345 e. The summed E-state index contributed by atoms with van der Waals surface area (Å²) in [5.41, 5.74) is 4.57. The number of ether oxygens (including phenoxy) is 2. The average Bonchev–Trinajstić information content (AvgIpc) is 3.36. The van der Waals surface area contributed by atoms with Crippen LogP contribution in [0.1, 0.15) is 33.3 Å². The number of carbonyl (C=O) groups excluding carboxylic acids is 2. The molecule has 4 aromatic carbocycles. The highest BCUT2D eigenvalue weighted by molar-refractivity contribution is 6.34. The molecular formula is C31H22Cl2FN3O4. The van der Waals surface area contributed by atoms with Crippen molar-refractivity contribution in [3.8, 4) is 22.6 Å². The van der Waals surface area contributed by atoms with Gasteiger partial charge in [0.1, 0.15) is 11.5 Å². The molecule has 1 heterocycles. The fraction of sp³-hybridized carbons (Fsp3) is 0.0645. The van der Waals surface area contributed by atoms with E-state index in [1.54, 1.807) is 85.8 Å². The molecule has 5 rings (SSSR count). The third kappa shape index (κ3) is 5.94. The Balaban J connectivity index is 1.39. The van der Waals surface area contributed by atoms with Crippen LogP contribution in [-0.4, -0.2) is 29.7 Å². The number of amides is 1. The van der Waals surface area contributed by atoms with Crippen molar-refractivity contribution in [2.75, 3.05) is 6.61 Å². The molecule has 1 aromatic heterocycles. The van der Waals surface area contributed by atoms with E-state index in [2.05, 4.69) is 15.5 Å². The molecule has 1 amide bonds. The zero-order valence-corrected chi connectivity index (χ0v) is 23.1. The van der Waals surface area contributed by atoms with Gasteiger partial charge in [0.15, 0.2) is 11.5 Å². The first kappa shape index (κ1) is 27.9. The van der Waals surface area contributed by atoms with Crippen molar-refractivity contribution in [3.05, 3.63) is 118 Å². The number of rotatable bonds is 8. The molecule has 0 spiro atoms. The van der Waals surface area contributed by atoms with Gasteiger partial charge in [0.05, 0.1) is 28.9 Å². The van der Waals surface area contributed by atoms with Gasteiger partial charge < -0.3 is 14.5 Å². The van der Waals surface area contributed by atoms with Crippen molar-refractivity contribution in [1.29, 1.82) is 0 Å². The van der Waals surface area contributed by atoms with Gasteiger partial charge in [-0.3, -0.25) is 4.79 Å². The monoisotopic (exact) mass is 589 g/mol. The highest BCUT2D eigenvalue weighted by Gasteiger charge is 2.22. The van der Waals surface area contributed by atoms with Gasteiger partial charge in [0, 0.05) is 21.5 Å². The predicted octanol–water partition coefficient (Wildman–Crippen LogP) is 7.66. The minimum atomic E-state index is -0.630. The van der Waals surface area contributed by atoms with E-state index in [0.717, 1.165) is 0 Å². The number of esters is 1. The van der Waals surface area contributed by atoms with Crippen molar-refractivity contribution >= 4 is 52.2 Å². The fourth-order valence-corrected chi connectivity index (χ4v) is 4.70. The molecule has 0 fully saturated rings. The number of para-hydroxylation sites is 1. The summed E-state index contributed by atoms with van der Waals surface area (Å²) in [7, 11) is 0. The SMILES string of the molecule is CCOc1cc(C=NNC(=O)c2[nH]c3c(F)cccc3c2-c2ccccc2Cl)ccc1OC(=O)c1ccccc1Cl. The van der Waals surface area contributed by atoms with Crippen molar-refractivity contribution in [2.45, 2.75) is 6.92 Å². The van der Waals surface area contributed by atoms with Crippen LogP contribution < -0.4 is 14.9 Å². The van der Waals surface area contributed by atoms with E-state index >= 15 is 0 Å². The topological polar surface area (TPSA) is 92.8 Å². The van der Waals surface area contributed by atoms with E-state index in [9.17, 15) is 14.0 Å². The van der Waals surface area contributed by atoms with Crippen LogP contribution in [0.15, 0.2) is 90.0 Å². The lowest BCUT2D eigenvalue weighted by Gasteiger charge is -2.12. The molecule has 0 bridgehead atoms. The Morgan fingerprint density at radius 2 is 1.71 bits per heavy atom. The maximum atomic E-state index is 14.6. The van der Waals surface area contributed by atoms with Crippen molar-refractivity contribution in [1.82, 2.24) is 10.4 Å². The van der Waals surface area contributed by atoms with Crippen LogP contribution in [0, 0.1) is 5.82 Å². The van der Waals surface area contributed by atoms with Crippen LogP contribution in [-0.2, 0) is 0 Å². The van der Waals surface area contributed by atoms with Gasteiger partial charge in [-0.1, -0.05) is 65.7 Å². The van der Waals surface area contributed by atoms with Gasteiger partial charge in [0.2, 0.25) is 0 Å². The molecule has 0 atom stereocenters. The molecular weight excluding hydrogens is 568 g/mol. The highest BCUT2D eigenvalue weighted by Crippen LogP contribution is 2.37. The number of nitrogens with one attached hydrogen (secondary N) is 2. The Bertz CT molecular complexity index is 1800. The van der Waals surface area contributed by atoms with Gasteiger partial charge in [-0.2, -0.15) is 5.10 Å². The molecule has 41 heavy (non-hydrogen) atoms. The number of aromatic nitrogens is 1. The number of hydrogen-bond acceptors (Lipinski definition) is 5.